The van der Waals surface area contributed by atoms with E-state index in [4.69, 9.17) is 25.7 Å². The van der Waals surface area contributed by atoms with E-state index in [9.17, 15) is 9.90 Å². The molecular weight excluding hydrogens is 1060 g/mol. The van der Waals surface area contributed by atoms with Crippen LogP contribution < -0.4 is 57.6 Å². The quantitative estimate of drug-likeness (QED) is 0.0497. The van der Waals surface area contributed by atoms with E-state index in [0.29, 0.717) is 64.3 Å². The van der Waals surface area contributed by atoms with Crippen LogP contribution in [0.5, 0.6) is 23.0 Å². The lowest BCUT2D eigenvalue weighted by molar-refractivity contribution is -0.145. The summed E-state index contributed by atoms with van der Waals surface area (Å²) in [5.41, 5.74) is 14.9. The number of amides is 7. The number of hydrogen-bond donors (Lipinski definition) is 9. The number of fused-ring (bicyclic) bond motifs is 2. The van der Waals surface area contributed by atoms with Gasteiger partial charge >= 0.3 is 0 Å². The lowest BCUT2D eigenvalue weighted by atomic mass is 9.96. The van der Waals surface area contributed by atoms with E-state index in [0.717, 1.165) is 10.9 Å². The fraction of sp³-hybridized carbons (Fsp3) is 0.349. The molecule has 2 saturated heterocycles. The van der Waals surface area contributed by atoms with E-state index in [1.807, 2.05) is 42.5 Å². The zero-order valence-corrected chi connectivity index (χ0v) is 46.6. The van der Waals surface area contributed by atoms with Gasteiger partial charge in [-0.3, -0.25) is 33.6 Å². The number of methoxy groups -OCH3 is 2. The van der Waals surface area contributed by atoms with Crippen LogP contribution in [-0.2, 0) is 65.9 Å². The summed E-state index contributed by atoms with van der Waals surface area (Å²) in [5.74, 6) is -4.95. The Hall–Kier alpha value is -9.01. The molecule has 0 bridgehead atoms. The van der Waals surface area contributed by atoms with Crippen LogP contribution in [0.1, 0.15) is 53.5 Å². The standard InChI is InChI=1S/C63H73N9O11/c1-81-54-18-11-16-43-37-55(82-2)44(35-48(43)54)36-52-61(78)67-49(17-9-10-28-64)58(75)68-50(33-41-21-25-46(26-22-41)83-38-42-14-7-4-8-15-42)60(77)71-53(34-39-12-5-3-6-13-39)63(80)72-31-27-47(57(74)66-30-29-65)56(72)62(79)70-51(59(76)69-52)32-40-19-23-45(73)24-20-40/h3-8,11-16,18-26,35,37,47,49-53,56,73H,9-10,17,27-34,36,38,64-65H2,1-2H3,(H,66,74)(H,67,78)(H,68,75)(H,69,76)(H,70,79)(H,71,77)/t47?,49-,50-,51-,52-,53-,56-/m0/s1. The van der Waals surface area contributed by atoms with Gasteiger partial charge in [0.1, 0.15) is 65.9 Å². The van der Waals surface area contributed by atoms with Crippen LogP contribution in [0.4, 0.5) is 0 Å². The molecule has 2 heterocycles. The molecule has 7 amide bonds. The van der Waals surface area contributed by atoms with Gasteiger partial charge in [-0.05, 0) is 108 Å². The number of carbonyl (C=O) groups is 7. The van der Waals surface area contributed by atoms with Crippen molar-refractivity contribution < 1.29 is 52.9 Å². The van der Waals surface area contributed by atoms with Crippen LogP contribution in [0.3, 0.4) is 0 Å². The molecule has 7 atom stereocenters. The molecule has 20 nitrogen and oxygen atoms in total. The van der Waals surface area contributed by atoms with E-state index in [1.54, 1.807) is 84.9 Å². The average Bonchev–Trinajstić information content (AvgIpc) is 4.23. The van der Waals surface area contributed by atoms with Crippen LogP contribution in [-0.4, -0.2) is 128 Å². The van der Waals surface area contributed by atoms with Gasteiger partial charge in [-0.25, -0.2) is 0 Å². The third kappa shape index (κ3) is 15.9. The predicted molar refractivity (Wildman–Crippen MR) is 312 cm³/mol. The van der Waals surface area contributed by atoms with Crippen molar-refractivity contribution in [3.63, 3.8) is 0 Å². The molecule has 2 aliphatic rings. The molecule has 1 unspecified atom stereocenters. The van der Waals surface area contributed by atoms with Crippen LogP contribution in [0, 0.1) is 5.92 Å². The number of ether oxygens (including phenoxy) is 3. The van der Waals surface area contributed by atoms with Gasteiger partial charge in [0.25, 0.3) is 0 Å². The Morgan fingerprint density at radius 3 is 1.73 bits per heavy atom. The normalized spacial score (nSPS) is 20.8. The summed E-state index contributed by atoms with van der Waals surface area (Å²) in [6.07, 6.45) is 0.407. The lowest BCUT2D eigenvalue weighted by Crippen LogP contribution is -2.63. The van der Waals surface area contributed by atoms with Gasteiger partial charge < -0.3 is 67.6 Å². The summed E-state index contributed by atoms with van der Waals surface area (Å²) in [6, 6.07) is 32.1. The number of nitrogens with one attached hydrogen (secondary N) is 6. The van der Waals surface area contributed by atoms with Gasteiger partial charge in [0.15, 0.2) is 0 Å². The fourth-order valence-electron chi connectivity index (χ4n) is 10.6. The second-order valence-corrected chi connectivity index (χ2v) is 20.8. The smallest absolute Gasteiger partial charge is 0.246 e. The molecular formula is C63H73N9O11. The number of rotatable bonds is 20. The highest BCUT2D eigenvalue weighted by atomic mass is 16.5. The third-order valence-electron chi connectivity index (χ3n) is 15.0. The fourth-order valence-corrected chi connectivity index (χ4v) is 10.6. The second kappa shape index (κ2) is 29.1. The van der Waals surface area contributed by atoms with Crippen molar-refractivity contribution in [1.29, 1.82) is 0 Å². The Balaban J connectivity index is 1.23. The Labute approximate surface area is 482 Å². The molecule has 2 fully saturated rings. The minimum atomic E-state index is -1.52. The van der Waals surface area contributed by atoms with Crippen LogP contribution in [0.15, 0.2) is 140 Å². The van der Waals surface area contributed by atoms with Crippen LogP contribution in [0.25, 0.3) is 10.8 Å². The number of nitrogens with zero attached hydrogens (tertiary/aromatic N) is 1. The molecule has 6 aromatic rings. The Kier molecular flexibility index (Phi) is 21.1. The highest BCUT2D eigenvalue weighted by Crippen LogP contribution is 2.33. The van der Waals surface area contributed by atoms with Crippen molar-refractivity contribution in [3.8, 4) is 23.0 Å². The molecule has 0 saturated carbocycles. The number of aromatic hydroxyl groups is 1. The molecule has 6 aromatic carbocycles. The summed E-state index contributed by atoms with van der Waals surface area (Å²) >= 11 is 0. The van der Waals surface area contributed by atoms with Crippen molar-refractivity contribution in [2.24, 2.45) is 17.4 Å². The summed E-state index contributed by atoms with van der Waals surface area (Å²) in [4.78, 5) is 107. The molecule has 2 aliphatic heterocycles. The van der Waals surface area contributed by atoms with E-state index < -0.39 is 83.5 Å². The number of carbonyl (C=O) groups excluding carboxylic acids is 7. The van der Waals surface area contributed by atoms with Crippen LogP contribution >= 0.6 is 0 Å². The summed E-state index contributed by atoms with van der Waals surface area (Å²) in [5, 5.41) is 28.9. The lowest BCUT2D eigenvalue weighted by Gasteiger charge is -2.33. The topological polar surface area (TPSA) is 295 Å². The molecule has 8 rings (SSSR count). The first-order valence-electron chi connectivity index (χ1n) is 28.0. The minimum Gasteiger partial charge on any atom is -0.508 e. The number of phenolic OH excluding ortho intramolecular Hbond substituents is 1. The maximum Gasteiger partial charge on any atom is 0.246 e. The summed E-state index contributed by atoms with van der Waals surface area (Å²) in [7, 11) is 3.00. The molecule has 0 aromatic heterocycles. The minimum absolute atomic E-state index is 0.0248. The maximum atomic E-state index is 15.4. The molecule has 0 spiro atoms. The Morgan fingerprint density at radius 2 is 1.12 bits per heavy atom. The van der Waals surface area contributed by atoms with Crippen molar-refractivity contribution in [1.82, 2.24) is 36.8 Å². The average molecular weight is 1130 g/mol. The number of unbranched alkanes of at least 4 members (excludes halogenated alkanes) is 1. The molecule has 11 N–H and O–H groups in total. The predicted octanol–water partition coefficient (Wildman–Crippen LogP) is 3.27. The van der Waals surface area contributed by atoms with Crippen LogP contribution in [0.2, 0.25) is 0 Å². The summed E-state index contributed by atoms with van der Waals surface area (Å²) < 4.78 is 17.6. The van der Waals surface area contributed by atoms with E-state index in [1.165, 1.54) is 31.3 Å². The van der Waals surface area contributed by atoms with Crippen molar-refractivity contribution in [2.75, 3.05) is 40.4 Å². The zero-order chi connectivity index (χ0) is 58.8. The van der Waals surface area contributed by atoms with Crippen molar-refractivity contribution >= 4 is 52.1 Å². The highest BCUT2D eigenvalue weighted by molar-refractivity contribution is 6.01. The Morgan fingerprint density at radius 1 is 0.578 bits per heavy atom. The second-order valence-electron chi connectivity index (χ2n) is 20.8. The Bertz CT molecular complexity index is 3200. The first-order chi connectivity index (χ1) is 40.2. The van der Waals surface area contributed by atoms with Gasteiger partial charge in [-0.2, -0.15) is 0 Å². The summed E-state index contributed by atoms with van der Waals surface area (Å²) in [6.45, 7) is 0.647. The van der Waals surface area contributed by atoms with E-state index in [2.05, 4.69) is 31.9 Å². The molecule has 83 heavy (non-hydrogen) atoms. The number of hydrogen-bond acceptors (Lipinski definition) is 13. The molecule has 0 aliphatic carbocycles. The number of nitrogens with two attached hydrogens (primary N) is 2. The van der Waals surface area contributed by atoms with Crippen molar-refractivity contribution in [2.45, 2.75) is 94.2 Å². The zero-order valence-electron chi connectivity index (χ0n) is 46.6. The maximum absolute atomic E-state index is 15.4. The van der Waals surface area contributed by atoms with Gasteiger partial charge in [0, 0.05) is 50.7 Å². The van der Waals surface area contributed by atoms with Gasteiger partial charge in [-0.15, -0.1) is 0 Å². The SMILES string of the molecule is COc1cc2cccc(OC)c2cc1C[C@@H]1NC(=O)[C@H](Cc2ccc(O)cc2)NC(=O)[C@@H]2C(C(=O)NCCN)CCN2C(=O)[C@H](Cc2ccccc2)NC(=O)[C@H](Cc2ccc(OCc3ccccc3)cc2)NC(=O)[C@H](CCCCN)NC1=O. The van der Waals surface area contributed by atoms with E-state index >= 15 is 28.8 Å². The highest BCUT2D eigenvalue weighted by Gasteiger charge is 2.48. The molecule has 20 heteroatoms. The largest absolute Gasteiger partial charge is 0.508 e. The van der Waals surface area contributed by atoms with Crippen molar-refractivity contribution in [3.05, 3.63) is 167 Å². The van der Waals surface area contributed by atoms with Gasteiger partial charge in [0.05, 0.1) is 20.1 Å². The van der Waals surface area contributed by atoms with E-state index in [-0.39, 0.29) is 70.5 Å². The number of benzene rings is 6. The molecule has 436 valence electrons. The van der Waals surface area contributed by atoms with Gasteiger partial charge in [0.2, 0.25) is 41.4 Å². The molecule has 0 radical (unpaired) electrons. The first-order valence-corrected chi connectivity index (χ1v) is 28.0. The number of phenols is 1. The monoisotopic (exact) mass is 1130 g/mol. The van der Waals surface area contributed by atoms with Gasteiger partial charge in [-0.1, -0.05) is 97.1 Å². The first kappa shape index (κ1) is 60.1. The third-order valence-corrected chi connectivity index (χ3v) is 15.0.